The normalized spacial score (nSPS) is 10.7. The molecule has 5 heteroatoms. The van der Waals surface area contributed by atoms with E-state index >= 15 is 0 Å². The molecule has 100 valence electrons. The minimum Gasteiger partial charge on any atom is -0.396 e. The standard InChI is InChI=1S/C15H11ClFN3/c16-10-4-3-5-11(8-10)20-9-14(18)15(19-20)12-6-1-2-7-13(12)17/h1-9H,18H2. The van der Waals surface area contributed by atoms with Crippen molar-refractivity contribution >= 4 is 17.3 Å². The van der Waals surface area contributed by atoms with Crippen LogP contribution in [0.3, 0.4) is 0 Å². The number of benzene rings is 2. The lowest BCUT2D eigenvalue weighted by molar-refractivity contribution is 0.630. The minimum atomic E-state index is -0.351. The smallest absolute Gasteiger partial charge is 0.132 e. The monoisotopic (exact) mass is 287 g/mol. The molecule has 0 unspecified atom stereocenters. The zero-order valence-corrected chi connectivity index (χ0v) is 11.2. The van der Waals surface area contributed by atoms with Gasteiger partial charge in [-0.05, 0) is 30.3 Å². The van der Waals surface area contributed by atoms with Crippen molar-refractivity contribution in [2.45, 2.75) is 0 Å². The van der Waals surface area contributed by atoms with E-state index < -0.39 is 0 Å². The third-order valence-electron chi connectivity index (χ3n) is 2.94. The number of nitrogen functional groups attached to an aromatic ring is 1. The van der Waals surface area contributed by atoms with E-state index in [1.807, 2.05) is 12.1 Å². The van der Waals surface area contributed by atoms with Crippen LogP contribution in [0.5, 0.6) is 0 Å². The van der Waals surface area contributed by atoms with Crippen LogP contribution in [-0.2, 0) is 0 Å². The highest BCUT2D eigenvalue weighted by atomic mass is 35.5. The van der Waals surface area contributed by atoms with Gasteiger partial charge in [-0.1, -0.05) is 29.8 Å². The molecule has 0 saturated carbocycles. The average molecular weight is 288 g/mol. The molecule has 0 saturated heterocycles. The molecule has 0 bridgehead atoms. The number of nitrogens with two attached hydrogens (primary N) is 1. The lowest BCUT2D eigenvalue weighted by Gasteiger charge is -2.02. The van der Waals surface area contributed by atoms with E-state index in [0.717, 1.165) is 5.69 Å². The molecule has 0 radical (unpaired) electrons. The van der Waals surface area contributed by atoms with E-state index in [9.17, 15) is 4.39 Å². The van der Waals surface area contributed by atoms with Gasteiger partial charge in [0, 0.05) is 10.6 Å². The Morgan fingerprint density at radius 2 is 1.90 bits per heavy atom. The summed E-state index contributed by atoms with van der Waals surface area (Å²) in [4.78, 5) is 0. The number of anilines is 1. The summed E-state index contributed by atoms with van der Waals surface area (Å²) in [7, 11) is 0. The lowest BCUT2D eigenvalue weighted by atomic mass is 10.1. The summed E-state index contributed by atoms with van der Waals surface area (Å²) in [5, 5.41) is 4.95. The topological polar surface area (TPSA) is 43.8 Å². The van der Waals surface area contributed by atoms with Crippen molar-refractivity contribution in [3.8, 4) is 16.9 Å². The molecule has 0 aliphatic heterocycles. The Morgan fingerprint density at radius 1 is 1.10 bits per heavy atom. The fraction of sp³-hybridized carbons (Fsp3) is 0. The summed E-state index contributed by atoms with van der Waals surface area (Å²) < 4.78 is 15.4. The van der Waals surface area contributed by atoms with Gasteiger partial charge in [0.25, 0.3) is 0 Å². The van der Waals surface area contributed by atoms with Gasteiger partial charge >= 0.3 is 0 Å². The Kier molecular flexibility index (Phi) is 3.16. The van der Waals surface area contributed by atoms with E-state index in [2.05, 4.69) is 5.10 Å². The predicted octanol–water partition coefficient (Wildman–Crippen LogP) is 3.91. The van der Waals surface area contributed by atoms with Gasteiger partial charge in [-0.3, -0.25) is 0 Å². The first-order valence-electron chi connectivity index (χ1n) is 6.01. The lowest BCUT2D eigenvalue weighted by Crippen LogP contribution is -1.95. The van der Waals surface area contributed by atoms with Crippen molar-refractivity contribution in [3.05, 3.63) is 65.6 Å². The number of hydrogen-bond donors (Lipinski definition) is 1. The van der Waals surface area contributed by atoms with Crippen LogP contribution >= 0.6 is 11.6 Å². The second-order valence-corrected chi connectivity index (χ2v) is 4.77. The van der Waals surface area contributed by atoms with Crippen molar-refractivity contribution in [2.75, 3.05) is 5.73 Å². The Balaban J connectivity index is 2.10. The third kappa shape index (κ3) is 2.26. The SMILES string of the molecule is Nc1cn(-c2cccc(Cl)c2)nc1-c1ccccc1F. The molecule has 1 heterocycles. The number of hydrogen-bond acceptors (Lipinski definition) is 2. The van der Waals surface area contributed by atoms with Gasteiger partial charge in [0.05, 0.1) is 17.6 Å². The molecule has 0 spiro atoms. The van der Waals surface area contributed by atoms with Gasteiger partial charge < -0.3 is 5.73 Å². The van der Waals surface area contributed by atoms with Crippen molar-refractivity contribution in [1.29, 1.82) is 0 Å². The maximum atomic E-state index is 13.8. The molecule has 20 heavy (non-hydrogen) atoms. The maximum Gasteiger partial charge on any atom is 0.132 e. The van der Waals surface area contributed by atoms with E-state index in [-0.39, 0.29) is 5.82 Å². The van der Waals surface area contributed by atoms with Crippen molar-refractivity contribution in [1.82, 2.24) is 9.78 Å². The first-order chi connectivity index (χ1) is 9.65. The highest BCUT2D eigenvalue weighted by molar-refractivity contribution is 6.30. The van der Waals surface area contributed by atoms with Gasteiger partial charge in [-0.15, -0.1) is 0 Å². The number of nitrogens with zero attached hydrogens (tertiary/aromatic N) is 2. The zero-order chi connectivity index (χ0) is 14.1. The fourth-order valence-electron chi connectivity index (χ4n) is 2.00. The van der Waals surface area contributed by atoms with E-state index in [0.29, 0.717) is 22.0 Å². The highest BCUT2D eigenvalue weighted by Crippen LogP contribution is 2.27. The van der Waals surface area contributed by atoms with Crippen LogP contribution in [0.25, 0.3) is 16.9 Å². The van der Waals surface area contributed by atoms with E-state index in [1.54, 1.807) is 41.2 Å². The van der Waals surface area contributed by atoms with Crippen molar-refractivity contribution in [3.63, 3.8) is 0 Å². The van der Waals surface area contributed by atoms with Crippen LogP contribution in [-0.4, -0.2) is 9.78 Å². The number of aromatic nitrogens is 2. The molecule has 0 amide bonds. The number of rotatable bonds is 2. The van der Waals surface area contributed by atoms with Crippen molar-refractivity contribution < 1.29 is 4.39 Å². The summed E-state index contributed by atoms with van der Waals surface area (Å²) in [5.41, 5.74) is 7.92. The molecule has 2 N–H and O–H groups in total. The van der Waals surface area contributed by atoms with E-state index in [1.165, 1.54) is 6.07 Å². The maximum absolute atomic E-state index is 13.8. The van der Waals surface area contributed by atoms with Gasteiger partial charge in [-0.25, -0.2) is 9.07 Å². The molecule has 2 aromatic carbocycles. The van der Waals surface area contributed by atoms with Crippen LogP contribution in [0.2, 0.25) is 5.02 Å². The zero-order valence-electron chi connectivity index (χ0n) is 10.4. The second kappa shape index (κ2) is 4.98. The summed E-state index contributed by atoms with van der Waals surface area (Å²) in [6.07, 6.45) is 1.65. The summed E-state index contributed by atoms with van der Waals surface area (Å²) >= 11 is 5.95. The largest absolute Gasteiger partial charge is 0.396 e. The summed E-state index contributed by atoms with van der Waals surface area (Å²) in [5.74, 6) is -0.351. The molecule has 1 aromatic heterocycles. The van der Waals surface area contributed by atoms with Crippen LogP contribution in [0.1, 0.15) is 0 Å². The Bertz CT molecular complexity index is 767. The Hall–Kier alpha value is -2.33. The summed E-state index contributed by atoms with van der Waals surface area (Å²) in [6, 6.07) is 13.6. The first kappa shape index (κ1) is 12.7. The van der Waals surface area contributed by atoms with Crippen LogP contribution in [0, 0.1) is 5.82 Å². The van der Waals surface area contributed by atoms with Crippen LogP contribution in [0.4, 0.5) is 10.1 Å². The van der Waals surface area contributed by atoms with Gasteiger partial charge in [0.1, 0.15) is 11.5 Å². The predicted molar refractivity (Wildman–Crippen MR) is 78.4 cm³/mol. The minimum absolute atomic E-state index is 0.351. The van der Waals surface area contributed by atoms with Crippen molar-refractivity contribution in [2.24, 2.45) is 0 Å². The Morgan fingerprint density at radius 3 is 2.65 bits per heavy atom. The fourth-order valence-corrected chi connectivity index (χ4v) is 2.19. The molecule has 0 atom stereocenters. The van der Waals surface area contributed by atoms with E-state index in [4.69, 9.17) is 17.3 Å². The average Bonchev–Trinajstić information content (AvgIpc) is 2.81. The molecule has 0 aliphatic rings. The number of halogens is 2. The van der Waals surface area contributed by atoms with Crippen LogP contribution in [0.15, 0.2) is 54.7 Å². The quantitative estimate of drug-likeness (QED) is 0.776. The molecule has 0 aliphatic carbocycles. The Labute approximate surface area is 120 Å². The molecular formula is C15H11ClFN3. The molecular weight excluding hydrogens is 277 g/mol. The summed E-state index contributed by atoms with van der Waals surface area (Å²) in [6.45, 7) is 0. The van der Waals surface area contributed by atoms with Gasteiger partial charge in [0.2, 0.25) is 0 Å². The van der Waals surface area contributed by atoms with Crippen LogP contribution < -0.4 is 5.73 Å². The molecule has 3 aromatic rings. The van der Waals surface area contributed by atoms with Gasteiger partial charge in [-0.2, -0.15) is 5.10 Å². The molecule has 3 nitrogen and oxygen atoms in total. The third-order valence-corrected chi connectivity index (χ3v) is 3.18. The first-order valence-corrected chi connectivity index (χ1v) is 6.39. The highest BCUT2D eigenvalue weighted by Gasteiger charge is 2.13. The molecule has 3 rings (SSSR count). The van der Waals surface area contributed by atoms with Gasteiger partial charge in [0.15, 0.2) is 0 Å². The second-order valence-electron chi connectivity index (χ2n) is 4.34. The molecule has 0 fully saturated rings.